The smallest absolute Gasteiger partial charge is 0.213 e. The number of halogens is 1. The van der Waals surface area contributed by atoms with Crippen LogP contribution in [0.1, 0.15) is 21.2 Å². The first-order valence-electron chi connectivity index (χ1n) is 11.5. The molecule has 0 aliphatic heterocycles. The fourth-order valence-electron chi connectivity index (χ4n) is 4.03. The number of benzene rings is 2. The predicted octanol–water partition coefficient (Wildman–Crippen LogP) is 5.89. The van der Waals surface area contributed by atoms with Crippen molar-refractivity contribution in [3.8, 4) is 39.8 Å². The third-order valence-electron chi connectivity index (χ3n) is 5.81. The molecule has 3 heterocycles. The molecular weight excluding hydrogens is 507 g/mol. The molecule has 3 aromatic heterocycles. The van der Waals surface area contributed by atoms with Crippen molar-refractivity contribution >= 4 is 28.2 Å². The molecule has 0 radical (unpaired) electrons. The van der Waals surface area contributed by atoms with Gasteiger partial charge in [0.05, 0.1) is 38.4 Å². The van der Waals surface area contributed by atoms with E-state index in [4.69, 9.17) is 14.2 Å². The molecule has 38 heavy (non-hydrogen) atoms. The first kappa shape index (κ1) is 25.1. The molecular formula is C28H23FN4O4S. The van der Waals surface area contributed by atoms with E-state index in [0.717, 1.165) is 10.6 Å². The second-order valence-electron chi connectivity index (χ2n) is 8.19. The SMILES string of the molecule is COc1cc(-c2cccc(C(=O)/C=C/c3c(-c4ccc(F)cc4)nc4sc(C)nn34)n2)cc(OC)c1OC. The largest absolute Gasteiger partial charge is 0.493 e. The van der Waals surface area contributed by atoms with Crippen LogP contribution in [0.25, 0.3) is 33.6 Å². The monoisotopic (exact) mass is 530 g/mol. The van der Waals surface area contributed by atoms with Crippen LogP contribution >= 0.6 is 11.3 Å². The molecule has 0 saturated carbocycles. The molecule has 0 N–H and O–H groups in total. The van der Waals surface area contributed by atoms with Gasteiger partial charge in [0.25, 0.3) is 0 Å². The van der Waals surface area contributed by atoms with E-state index >= 15 is 0 Å². The van der Waals surface area contributed by atoms with Gasteiger partial charge in [-0.2, -0.15) is 5.10 Å². The highest BCUT2D eigenvalue weighted by Crippen LogP contribution is 2.40. The number of aromatic nitrogens is 4. The number of methoxy groups -OCH3 is 3. The molecule has 2 aromatic carbocycles. The van der Waals surface area contributed by atoms with Crippen molar-refractivity contribution in [3.63, 3.8) is 0 Å². The van der Waals surface area contributed by atoms with E-state index in [-0.39, 0.29) is 17.3 Å². The molecule has 5 aromatic rings. The van der Waals surface area contributed by atoms with E-state index in [1.807, 2.05) is 6.92 Å². The highest BCUT2D eigenvalue weighted by Gasteiger charge is 2.18. The van der Waals surface area contributed by atoms with Crippen LogP contribution in [0.5, 0.6) is 17.2 Å². The summed E-state index contributed by atoms with van der Waals surface area (Å²) >= 11 is 1.43. The van der Waals surface area contributed by atoms with Gasteiger partial charge in [0.1, 0.15) is 16.5 Å². The van der Waals surface area contributed by atoms with Crippen LogP contribution in [0.2, 0.25) is 0 Å². The van der Waals surface area contributed by atoms with Gasteiger partial charge >= 0.3 is 0 Å². The van der Waals surface area contributed by atoms with Crippen molar-refractivity contribution in [1.82, 2.24) is 19.6 Å². The Morgan fingerprint density at radius 3 is 2.32 bits per heavy atom. The zero-order valence-corrected chi connectivity index (χ0v) is 21.9. The average Bonchev–Trinajstić information content (AvgIpc) is 3.47. The molecule has 0 amide bonds. The van der Waals surface area contributed by atoms with Crippen molar-refractivity contribution < 1.29 is 23.4 Å². The second kappa shape index (κ2) is 10.4. The number of carbonyl (C=O) groups excluding carboxylic acids is 1. The van der Waals surface area contributed by atoms with Crippen molar-refractivity contribution in [1.29, 1.82) is 0 Å². The van der Waals surface area contributed by atoms with E-state index in [9.17, 15) is 9.18 Å². The van der Waals surface area contributed by atoms with Gasteiger partial charge in [-0.15, -0.1) is 0 Å². The van der Waals surface area contributed by atoms with Crippen LogP contribution in [-0.2, 0) is 0 Å². The molecule has 0 fully saturated rings. The maximum absolute atomic E-state index is 13.5. The summed E-state index contributed by atoms with van der Waals surface area (Å²) < 4.78 is 31.5. The number of pyridine rings is 1. The molecule has 5 rings (SSSR count). The van der Waals surface area contributed by atoms with Crippen LogP contribution < -0.4 is 14.2 Å². The van der Waals surface area contributed by atoms with E-state index in [2.05, 4.69) is 15.1 Å². The second-order valence-corrected chi connectivity index (χ2v) is 9.35. The molecule has 0 aliphatic rings. The fraction of sp³-hybridized carbons (Fsp3) is 0.143. The lowest BCUT2D eigenvalue weighted by molar-refractivity contribution is 0.104. The Bertz CT molecular complexity index is 1650. The zero-order chi connectivity index (χ0) is 26.8. The van der Waals surface area contributed by atoms with Crippen LogP contribution in [0, 0.1) is 12.7 Å². The molecule has 8 nitrogen and oxygen atoms in total. The van der Waals surface area contributed by atoms with Gasteiger partial charge in [-0.05, 0) is 67.6 Å². The van der Waals surface area contributed by atoms with E-state index < -0.39 is 0 Å². The highest BCUT2D eigenvalue weighted by atomic mass is 32.1. The van der Waals surface area contributed by atoms with Crippen molar-refractivity contribution in [2.24, 2.45) is 0 Å². The number of hydrogen-bond acceptors (Lipinski definition) is 8. The Morgan fingerprint density at radius 2 is 1.66 bits per heavy atom. The summed E-state index contributed by atoms with van der Waals surface area (Å²) in [5.74, 6) is 0.796. The minimum absolute atomic E-state index is 0.256. The average molecular weight is 531 g/mol. The van der Waals surface area contributed by atoms with Crippen LogP contribution in [0.3, 0.4) is 0 Å². The molecule has 10 heteroatoms. The Kier molecular flexibility index (Phi) is 6.89. The van der Waals surface area contributed by atoms with Crippen molar-refractivity contribution in [2.75, 3.05) is 21.3 Å². The van der Waals surface area contributed by atoms with Gasteiger partial charge in [0.15, 0.2) is 11.5 Å². The summed E-state index contributed by atoms with van der Waals surface area (Å²) in [6, 6.07) is 14.8. The quantitative estimate of drug-likeness (QED) is 0.183. The molecule has 0 unspecified atom stereocenters. The maximum Gasteiger partial charge on any atom is 0.213 e. The molecule has 0 atom stereocenters. The van der Waals surface area contributed by atoms with E-state index in [1.54, 1.807) is 53.1 Å². The maximum atomic E-state index is 13.5. The Balaban J connectivity index is 1.50. The number of allylic oxidation sites excluding steroid dienone is 1. The lowest BCUT2D eigenvalue weighted by atomic mass is 10.1. The normalized spacial score (nSPS) is 11.3. The number of ether oxygens (including phenoxy) is 3. The predicted molar refractivity (Wildman–Crippen MR) is 144 cm³/mol. The summed E-state index contributed by atoms with van der Waals surface area (Å²) in [5.41, 5.74) is 3.46. The van der Waals surface area contributed by atoms with E-state index in [1.165, 1.54) is 50.9 Å². The Morgan fingerprint density at radius 1 is 0.947 bits per heavy atom. The molecule has 0 aliphatic carbocycles. The topological polar surface area (TPSA) is 87.8 Å². The fourth-order valence-corrected chi connectivity index (χ4v) is 4.78. The van der Waals surface area contributed by atoms with Gasteiger partial charge in [-0.3, -0.25) is 4.79 Å². The van der Waals surface area contributed by atoms with Gasteiger partial charge in [0, 0.05) is 11.1 Å². The van der Waals surface area contributed by atoms with Crippen LogP contribution in [-0.4, -0.2) is 46.7 Å². The summed E-state index contributed by atoms with van der Waals surface area (Å²) in [6.45, 7) is 1.88. The third-order valence-corrected chi connectivity index (χ3v) is 6.64. The Labute approximate surface area is 222 Å². The van der Waals surface area contributed by atoms with Gasteiger partial charge < -0.3 is 14.2 Å². The number of ketones is 1. The highest BCUT2D eigenvalue weighted by molar-refractivity contribution is 7.16. The minimum atomic E-state index is -0.339. The van der Waals surface area contributed by atoms with Gasteiger partial charge in [0.2, 0.25) is 16.5 Å². The van der Waals surface area contributed by atoms with E-state index in [0.29, 0.717) is 44.9 Å². The number of fused-ring (bicyclic) bond motifs is 1. The lowest BCUT2D eigenvalue weighted by Gasteiger charge is -2.14. The first-order chi connectivity index (χ1) is 18.4. The standard InChI is InChI=1S/C28H23FN4O4S/c1-16-32-33-22(26(31-28(33)38-16)17-8-10-19(29)11-9-17)12-13-23(34)21-7-5-6-20(30-21)18-14-24(35-2)27(37-4)25(15-18)36-3/h5-15H,1-4H3/b13-12+. The van der Waals surface area contributed by atoms with Crippen LogP contribution in [0.4, 0.5) is 4.39 Å². The number of rotatable bonds is 8. The zero-order valence-electron chi connectivity index (χ0n) is 21.1. The minimum Gasteiger partial charge on any atom is -0.493 e. The summed E-state index contributed by atoms with van der Waals surface area (Å²) in [7, 11) is 4.61. The van der Waals surface area contributed by atoms with Crippen LogP contribution in [0.15, 0.2) is 60.7 Å². The molecule has 0 spiro atoms. The first-order valence-corrected chi connectivity index (χ1v) is 12.4. The lowest BCUT2D eigenvalue weighted by Crippen LogP contribution is -2.01. The van der Waals surface area contributed by atoms with Gasteiger partial charge in [-0.25, -0.2) is 18.9 Å². The summed E-state index contributed by atoms with van der Waals surface area (Å²) in [4.78, 5) is 23.1. The number of carbonyl (C=O) groups is 1. The van der Waals surface area contributed by atoms with Gasteiger partial charge in [-0.1, -0.05) is 17.4 Å². The molecule has 0 saturated heterocycles. The number of imidazole rings is 1. The third kappa shape index (κ3) is 4.73. The summed E-state index contributed by atoms with van der Waals surface area (Å²) in [6.07, 6.45) is 3.10. The molecule has 0 bridgehead atoms. The Hall–Kier alpha value is -4.57. The number of hydrogen-bond donors (Lipinski definition) is 0. The van der Waals surface area contributed by atoms with Crippen molar-refractivity contribution in [2.45, 2.75) is 6.92 Å². The number of nitrogens with zero attached hydrogens (tertiary/aromatic N) is 4. The summed E-state index contributed by atoms with van der Waals surface area (Å²) in [5, 5.41) is 5.35. The van der Waals surface area contributed by atoms with Crippen molar-refractivity contribution in [3.05, 3.63) is 82.9 Å². The number of aryl methyl sites for hydroxylation is 1. The molecule has 192 valence electrons.